The van der Waals surface area contributed by atoms with Gasteiger partial charge in [0.1, 0.15) is 0 Å². The van der Waals surface area contributed by atoms with Crippen LogP contribution in [0.3, 0.4) is 0 Å². The summed E-state index contributed by atoms with van der Waals surface area (Å²) in [5, 5.41) is 0. The van der Waals surface area contributed by atoms with E-state index in [0.29, 0.717) is 6.04 Å². The standard InChI is InChI=1S/C13H15BrN2O/c1-15-11-6-12(15)13(17)16(8-11)7-9-3-2-4-10(14)5-9/h2-5,11-12H,6-8H2,1H3. The zero-order valence-corrected chi connectivity index (χ0v) is 11.4. The Morgan fingerprint density at radius 2 is 2.29 bits per heavy atom. The Morgan fingerprint density at radius 1 is 1.47 bits per heavy atom. The SMILES string of the molecule is CN1C2CC1C(=O)N(Cc1cccc(Br)c1)C2. The second kappa shape index (κ2) is 4.10. The van der Waals surface area contributed by atoms with Crippen molar-refractivity contribution in [2.45, 2.75) is 25.0 Å². The molecule has 3 aliphatic rings. The summed E-state index contributed by atoms with van der Waals surface area (Å²) in [5.41, 5.74) is 1.19. The highest BCUT2D eigenvalue weighted by Crippen LogP contribution is 2.32. The molecule has 3 aliphatic heterocycles. The largest absolute Gasteiger partial charge is 0.335 e. The Bertz CT molecular complexity index is 462. The number of likely N-dealkylation sites (N-methyl/N-ethyl adjacent to an activating group) is 1. The van der Waals surface area contributed by atoms with Crippen molar-refractivity contribution in [1.29, 1.82) is 0 Å². The first-order chi connectivity index (χ1) is 8.15. The Labute approximate surface area is 110 Å². The van der Waals surface area contributed by atoms with Crippen LogP contribution < -0.4 is 0 Å². The van der Waals surface area contributed by atoms with Crippen molar-refractivity contribution in [1.82, 2.24) is 9.80 Å². The van der Waals surface area contributed by atoms with Crippen molar-refractivity contribution in [3.05, 3.63) is 34.3 Å². The Morgan fingerprint density at radius 3 is 2.94 bits per heavy atom. The van der Waals surface area contributed by atoms with E-state index in [9.17, 15) is 4.79 Å². The number of rotatable bonds is 2. The van der Waals surface area contributed by atoms with Crippen LogP contribution in [-0.4, -0.2) is 41.4 Å². The van der Waals surface area contributed by atoms with Gasteiger partial charge in [0.2, 0.25) is 5.91 Å². The summed E-state index contributed by atoms with van der Waals surface area (Å²) in [7, 11) is 2.05. The molecule has 0 radical (unpaired) electrons. The fourth-order valence-corrected chi connectivity index (χ4v) is 3.19. The van der Waals surface area contributed by atoms with Gasteiger partial charge in [-0.05, 0) is 31.2 Å². The van der Waals surface area contributed by atoms with Crippen LogP contribution in [0, 0.1) is 0 Å². The maximum absolute atomic E-state index is 12.1. The molecule has 0 N–H and O–H groups in total. The molecular weight excluding hydrogens is 280 g/mol. The molecule has 0 spiro atoms. The smallest absolute Gasteiger partial charge is 0.240 e. The maximum Gasteiger partial charge on any atom is 0.240 e. The summed E-state index contributed by atoms with van der Waals surface area (Å²) in [6, 6.07) is 8.89. The van der Waals surface area contributed by atoms with Crippen molar-refractivity contribution >= 4 is 21.8 Å². The molecule has 17 heavy (non-hydrogen) atoms. The molecule has 4 heteroatoms. The molecule has 3 saturated heterocycles. The van der Waals surface area contributed by atoms with Crippen molar-refractivity contribution < 1.29 is 4.79 Å². The van der Waals surface area contributed by atoms with Crippen LogP contribution in [0.5, 0.6) is 0 Å². The van der Waals surface area contributed by atoms with Gasteiger partial charge in [0.25, 0.3) is 0 Å². The van der Waals surface area contributed by atoms with Crippen LogP contribution >= 0.6 is 15.9 Å². The number of fused-ring (bicyclic) bond motifs is 2. The van der Waals surface area contributed by atoms with Crippen LogP contribution in [0.25, 0.3) is 0 Å². The van der Waals surface area contributed by atoms with E-state index < -0.39 is 0 Å². The van der Waals surface area contributed by atoms with Gasteiger partial charge in [0.05, 0.1) is 6.04 Å². The monoisotopic (exact) mass is 294 g/mol. The normalized spacial score (nSPS) is 28.1. The lowest BCUT2D eigenvalue weighted by Crippen LogP contribution is -2.69. The average Bonchev–Trinajstić information content (AvgIpc) is 2.30. The minimum absolute atomic E-state index is 0.140. The Kier molecular flexibility index (Phi) is 2.71. The van der Waals surface area contributed by atoms with E-state index in [4.69, 9.17) is 0 Å². The Balaban J connectivity index is 1.73. The van der Waals surface area contributed by atoms with Gasteiger partial charge in [-0.3, -0.25) is 9.69 Å². The molecule has 0 saturated carbocycles. The van der Waals surface area contributed by atoms with Crippen LogP contribution in [-0.2, 0) is 11.3 Å². The van der Waals surface area contributed by atoms with Gasteiger partial charge in [-0.2, -0.15) is 0 Å². The highest BCUT2D eigenvalue weighted by molar-refractivity contribution is 9.10. The number of nitrogens with zero attached hydrogens (tertiary/aromatic N) is 2. The molecule has 3 nitrogen and oxygen atoms in total. The van der Waals surface area contributed by atoms with Crippen molar-refractivity contribution in [2.24, 2.45) is 0 Å². The third kappa shape index (κ3) is 1.89. The minimum Gasteiger partial charge on any atom is -0.335 e. The van der Waals surface area contributed by atoms with E-state index in [1.54, 1.807) is 0 Å². The fraction of sp³-hybridized carbons (Fsp3) is 0.462. The second-order valence-corrected chi connectivity index (χ2v) is 5.84. The van der Waals surface area contributed by atoms with Gasteiger partial charge in [0.15, 0.2) is 0 Å². The first kappa shape index (κ1) is 11.2. The van der Waals surface area contributed by atoms with E-state index >= 15 is 0 Å². The average molecular weight is 295 g/mol. The van der Waals surface area contributed by atoms with Gasteiger partial charge >= 0.3 is 0 Å². The van der Waals surface area contributed by atoms with E-state index in [1.165, 1.54) is 5.56 Å². The highest BCUT2D eigenvalue weighted by atomic mass is 79.9. The van der Waals surface area contributed by atoms with Crippen LogP contribution in [0.1, 0.15) is 12.0 Å². The van der Waals surface area contributed by atoms with Gasteiger partial charge < -0.3 is 4.90 Å². The maximum atomic E-state index is 12.1. The third-order valence-corrected chi connectivity index (χ3v) is 4.35. The molecule has 0 aliphatic carbocycles. The molecule has 3 heterocycles. The highest BCUT2D eigenvalue weighted by Gasteiger charge is 2.47. The summed E-state index contributed by atoms with van der Waals surface area (Å²) in [6.07, 6.45) is 1.05. The van der Waals surface area contributed by atoms with Crippen molar-refractivity contribution in [2.75, 3.05) is 13.6 Å². The lowest BCUT2D eigenvalue weighted by atomic mass is 9.87. The predicted octanol–water partition coefficient (Wildman–Crippen LogP) is 1.86. The number of piperazine rings is 1. The molecule has 3 fully saturated rings. The summed E-state index contributed by atoms with van der Waals surface area (Å²) >= 11 is 3.46. The number of halogens is 1. The molecule has 1 amide bonds. The Hall–Kier alpha value is -0.870. The van der Waals surface area contributed by atoms with E-state index in [1.807, 2.05) is 24.1 Å². The molecule has 90 valence electrons. The minimum atomic E-state index is 0.140. The quantitative estimate of drug-likeness (QED) is 0.831. The number of carbonyl (C=O) groups excluding carboxylic acids is 1. The molecule has 2 bridgehead atoms. The van der Waals surface area contributed by atoms with Crippen molar-refractivity contribution in [3.63, 3.8) is 0 Å². The summed E-state index contributed by atoms with van der Waals surface area (Å²) in [5.74, 6) is 0.287. The lowest BCUT2D eigenvalue weighted by Gasteiger charge is -2.53. The number of benzene rings is 1. The first-order valence-electron chi connectivity index (χ1n) is 5.90. The lowest BCUT2D eigenvalue weighted by molar-refractivity contribution is -0.157. The van der Waals surface area contributed by atoms with Crippen LogP contribution in [0.4, 0.5) is 0 Å². The molecule has 2 unspecified atom stereocenters. The van der Waals surface area contributed by atoms with Crippen LogP contribution in [0.2, 0.25) is 0 Å². The van der Waals surface area contributed by atoms with E-state index in [-0.39, 0.29) is 11.9 Å². The fourth-order valence-electron chi connectivity index (χ4n) is 2.74. The third-order valence-electron chi connectivity index (χ3n) is 3.85. The number of hydrogen-bond donors (Lipinski definition) is 0. The first-order valence-corrected chi connectivity index (χ1v) is 6.69. The second-order valence-electron chi connectivity index (χ2n) is 4.92. The van der Waals surface area contributed by atoms with Gasteiger partial charge in [-0.25, -0.2) is 0 Å². The number of carbonyl (C=O) groups is 1. The molecular formula is C13H15BrN2O. The number of hydrogen-bond acceptors (Lipinski definition) is 2. The van der Waals surface area contributed by atoms with E-state index in [0.717, 1.165) is 24.0 Å². The number of piperidine rings is 1. The molecule has 1 aromatic carbocycles. The van der Waals surface area contributed by atoms with Gasteiger partial charge in [-0.15, -0.1) is 0 Å². The topological polar surface area (TPSA) is 23.6 Å². The molecule has 1 aromatic rings. The van der Waals surface area contributed by atoms with Gasteiger partial charge in [-0.1, -0.05) is 28.1 Å². The summed E-state index contributed by atoms with van der Waals surface area (Å²) < 4.78 is 1.07. The summed E-state index contributed by atoms with van der Waals surface area (Å²) in [6.45, 7) is 1.61. The zero-order valence-electron chi connectivity index (χ0n) is 9.77. The molecule has 4 rings (SSSR count). The van der Waals surface area contributed by atoms with Crippen LogP contribution in [0.15, 0.2) is 28.7 Å². The molecule has 0 aromatic heterocycles. The van der Waals surface area contributed by atoms with Gasteiger partial charge in [0, 0.05) is 23.6 Å². The summed E-state index contributed by atoms with van der Waals surface area (Å²) in [4.78, 5) is 16.3. The predicted molar refractivity (Wildman–Crippen MR) is 69.5 cm³/mol. The van der Waals surface area contributed by atoms with E-state index in [2.05, 4.69) is 33.0 Å². The molecule has 2 atom stereocenters. The zero-order chi connectivity index (χ0) is 12.0. The number of amides is 1. The van der Waals surface area contributed by atoms with Crippen molar-refractivity contribution in [3.8, 4) is 0 Å².